The van der Waals surface area contributed by atoms with Gasteiger partial charge >= 0.3 is 0 Å². The number of aromatic hydroxyl groups is 1. The quantitative estimate of drug-likeness (QED) is 0.740. The maximum Gasteiger partial charge on any atom is 0.251 e. The summed E-state index contributed by atoms with van der Waals surface area (Å²) in [4.78, 5) is 11.8. The first-order valence-electron chi connectivity index (χ1n) is 4.57. The molecule has 16 heavy (non-hydrogen) atoms. The minimum absolute atomic E-state index is 0.153. The molecule has 0 bridgehead atoms. The number of thiophene rings is 1. The SMILES string of the molecule is NC(=O)c1cc(-c2ccccc2O)sc1N. The third-order valence-electron chi connectivity index (χ3n) is 2.20. The van der Waals surface area contributed by atoms with Crippen LogP contribution in [-0.2, 0) is 0 Å². The van der Waals surface area contributed by atoms with E-state index in [0.717, 1.165) is 4.88 Å². The molecule has 0 atom stereocenters. The maximum atomic E-state index is 11.0. The van der Waals surface area contributed by atoms with Crippen LogP contribution in [0, 0.1) is 0 Å². The Hall–Kier alpha value is -2.01. The fourth-order valence-corrected chi connectivity index (χ4v) is 2.38. The van der Waals surface area contributed by atoms with E-state index >= 15 is 0 Å². The van der Waals surface area contributed by atoms with E-state index in [9.17, 15) is 9.90 Å². The van der Waals surface area contributed by atoms with Crippen molar-refractivity contribution in [3.63, 3.8) is 0 Å². The van der Waals surface area contributed by atoms with Gasteiger partial charge in [0.15, 0.2) is 0 Å². The van der Waals surface area contributed by atoms with Crippen LogP contribution in [0.15, 0.2) is 30.3 Å². The average Bonchev–Trinajstić information content (AvgIpc) is 2.61. The van der Waals surface area contributed by atoms with Gasteiger partial charge in [0.25, 0.3) is 5.91 Å². The zero-order valence-corrected chi connectivity index (χ0v) is 9.12. The number of nitrogen functional groups attached to an aromatic ring is 1. The van der Waals surface area contributed by atoms with E-state index in [2.05, 4.69) is 0 Å². The lowest BCUT2D eigenvalue weighted by Gasteiger charge is -1.99. The molecule has 4 nitrogen and oxygen atoms in total. The minimum atomic E-state index is -0.560. The molecule has 1 aromatic carbocycles. The van der Waals surface area contributed by atoms with Gasteiger partial charge in [-0.25, -0.2) is 0 Å². The van der Waals surface area contributed by atoms with Gasteiger partial charge in [-0.3, -0.25) is 4.79 Å². The lowest BCUT2D eigenvalue weighted by atomic mass is 10.1. The second-order valence-electron chi connectivity index (χ2n) is 3.27. The monoisotopic (exact) mass is 234 g/mol. The van der Waals surface area contributed by atoms with Crippen molar-refractivity contribution >= 4 is 22.2 Å². The standard InChI is InChI=1S/C11H10N2O2S/c12-10(15)7-5-9(16-11(7)13)6-3-1-2-4-8(6)14/h1-5,14H,13H2,(H2,12,15). The van der Waals surface area contributed by atoms with Crippen molar-refractivity contribution in [2.45, 2.75) is 0 Å². The second kappa shape index (κ2) is 3.86. The fraction of sp³-hybridized carbons (Fsp3) is 0. The molecule has 1 aromatic heterocycles. The van der Waals surface area contributed by atoms with Crippen LogP contribution in [0.4, 0.5) is 5.00 Å². The van der Waals surface area contributed by atoms with Crippen LogP contribution in [0.5, 0.6) is 5.75 Å². The van der Waals surface area contributed by atoms with E-state index in [1.165, 1.54) is 11.3 Å². The minimum Gasteiger partial charge on any atom is -0.507 e. The average molecular weight is 234 g/mol. The number of nitrogens with two attached hydrogens (primary N) is 2. The highest BCUT2D eigenvalue weighted by atomic mass is 32.1. The number of para-hydroxylation sites is 1. The van der Waals surface area contributed by atoms with Gasteiger partial charge in [-0.2, -0.15) is 0 Å². The van der Waals surface area contributed by atoms with Crippen LogP contribution in [0.1, 0.15) is 10.4 Å². The lowest BCUT2D eigenvalue weighted by Crippen LogP contribution is -2.11. The Bertz CT molecular complexity index is 549. The largest absolute Gasteiger partial charge is 0.507 e. The number of phenols is 1. The van der Waals surface area contributed by atoms with E-state index in [1.54, 1.807) is 30.3 Å². The number of phenolic OH excluding ortho intramolecular Hbond substituents is 1. The number of benzene rings is 1. The number of rotatable bonds is 2. The van der Waals surface area contributed by atoms with Crippen molar-refractivity contribution in [1.82, 2.24) is 0 Å². The third kappa shape index (κ3) is 1.72. The Morgan fingerprint density at radius 3 is 2.56 bits per heavy atom. The molecule has 0 saturated heterocycles. The first kappa shape index (κ1) is 10.5. The summed E-state index contributed by atoms with van der Waals surface area (Å²) in [6.07, 6.45) is 0. The van der Waals surface area contributed by atoms with Gasteiger partial charge in [-0.15, -0.1) is 11.3 Å². The molecule has 0 radical (unpaired) electrons. The molecule has 0 aliphatic heterocycles. The number of hydrogen-bond donors (Lipinski definition) is 3. The van der Waals surface area contributed by atoms with Crippen molar-refractivity contribution in [2.75, 3.05) is 5.73 Å². The number of amides is 1. The van der Waals surface area contributed by atoms with Gasteiger partial charge < -0.3 is 16.6 Å². The summed E-state index contributed by atoms with van der Waals surface area (Å²) in [5.74, 6) is -0.407. The van der Waals surface area contributed by atoms with E-state index in [-0.39, 0.29) is 5.75 Å². The van der Waals surface area contributed by atoms with Gasteiger partial charge in [-0.1, -0.05) is 12.1 Å². The fourth-order valence-electron chi connectivity index (χ4n) is 1.41. The highest BCUT2D eigenvalue weighted by Crippen LogP contribution is 2.37. The highest BCUT2D eigenvalue weighted by Gasteiger charge is 2.13. The maximum absolute atomic E-state index is 11.0. The van der Waals surface area contributed by atoms with Crippen LogP contribution in [-0.4, -0.2) is 11.0 Å². The Labute approximate surface area is 96.1 Å². The smallest absolute Gasteiger partial charge is 0.251 e. The van der Waals surface area contributed by atoms with Crippen LogP contribution < -0.4 is 11.5 Å². The molecule has 0 saturated carbocycles. The number of primary amides is 1. The molecule has 0 aliphatic carbocycles. The number of hydrogen-bond acceptors (Lipinski definition) is 4. The van der Waals surface area contributed by atoms with Crippen molar-refractivity contribution < 1.29 is 9.90 Å². The number of anilines is 1. The van der Waals surface area contributed by atoms with Gasteiger partial charge in [0.05, 0.1) is 10.6 Å². The Kier molecular flexibility index (Phi) is 2.54. The van der Waals surface area contributed by atoms with Gasteiger partial charge in [0.2, 0.25) is 0 Å². The van der Waals surface area contributed by atoms with E-state index in [0.29, 0.717) is 16.1 Å². The van der Waals surface area contributed by atoms with E-state index < -0.39 is 5.91 Å². The molecule has 5 N–H and O–H groups in total. The normalized spacial score (nSPS) is 10.2. The number of carbonyl (C=O) groups excluding carboxylic acids is 1. The summed E-state index contributed by atoms with van der Waals surface area (Å²) < 4.78 is 0. The van der Waals surface area contributed by atoms with E-state index in [4.69, 9.17) is 11.5 Å². The van der Waals surface area contributed by atoms with Crippen LogP contribution >= 0.6 is 11.3 Å². The molecule has 0 fully saturated rings. The zero-order chi connectivity index (χ0) is 11.7. The molecule has 2 rings (SSSR count). The summed E-state index contributed by atoms with van der Waals surface area (Å²) >= 11 is 1.23. The molecular formula is C11H10N2O2S. The molecule has 0 spiro atoms. The Balaban J connectivity index is 2.54. The second-order valence-corrected chi connectivity index (χ2v) is 4.35. The summed E-state index contributed by atoms with van der Waals surface area (Å²) in [6.45, 7) is 0. The molecule has 5 heteroatoms. The molecule has 1 heterocycles. The molecule has 1 amide bonds. The number of carbonyl (C=O) groups is 1. The Morgan fingerprint density at radius 2 is 2.00 bits per heavy atom. The molecular weight excluding hydrogens is 224 g/mol. The van der Waals surface area contributed by atoms with Gasteiger partial charge in [0.1, 0.15) is 5.75 Å². The van der Waals surface area contributed by atoms with Crippen molar-refractivity contribution in [3.8, 4) is 16.2 Å². The van der Waals surface area contributed by atoms with Crippen molar-refractivity contribution in [1.29, 1.82) is 0 Å². The summed E-state index contributed by atoms with van der Waals surface area (Å²) in [7, 11) is 0. The van der Waals surface area contributed by atoms with Crippen LogP contribution in [0.3, 0.4) is 0 Å². The van der Waals surface area contributed by atoms with Gasteiger partial charge in [0, 0.05) is 10.4 Å². The van der Waals surface area contributed by atoms with Gasteiger partial charge in [-0.05, 0) is 18.2 Å². The first-order valence-corrected chi connectivity index (χ1v) is 5.38. The molecule has 0 unspecified atom stereocenters. The van der Waals surface area contributed by atoms with E-state index in [1.807, 2.05) is 0 Å². The zero-order valence-electron chi connectivity index (χ0n) is 8.31. The predicted molar refractivity (Wildman–Crippen MR) is 64.4 cm³/mol. The van der Waals surface area contributed by atoms with Crippen LogP contribution in [0.25, 0.3) is 10.4 Å². The highest BCUT2D eigenvalue weighted by molar-refractivity contribution is 7.19. The summed E-state index contributed by atoms with van der Waals surface area (Å²) in [6, 6.07) is 8.46. The van der Waals surface area contributed by atoms with Crippen molar-refractivity contribution in [2.24, 2.45) is 5.73 Å². The summed E-state index contributed by atoms with van der Waals surface area (Å²) in [5.41, 5.74) is 11.8. The molecule has 82 valence electrons. The Morgan fingerprint density at radius 1 is 1.31 bits per heavy atom. The van der Waals surface area contributed by atoms with Crippen LogP contribution in [0.2, 0.25) is 0 Å². The third-order valence-corrected chi connectivity index (χ3v) is 3.19. The van der Waals surface area contributed by atoms with Crippen molar-refractivity contribution in [3.05, 3.63) is 35.9 Å². The first-order chi connectivity index (χ1) is 7.59. The summed E-state index contributed by atoms with van der Waals surface area (Å²) in [5, 5.41) is 10.0. The topological polar surface area (TPSA) is 89.3 Å². The predicted octanol–water partition coefficient (Wildman–Crippen LogP) is 1.80. The molecule has 2 aromatic rings. The lowest BCUT2D eigenvalue weighted by molar-refractivity contribution is 0.100. The molecule has 0 aliphatic rings.